The van der Waals surface area contributed by atoms with Crippen molar-refractivity contribution in [3.63, 3.8) is 0 Å². The minimum atomic E-state index is 0.143. The Bertz CT molecular complexity index is 652. The van der Waals surface area contributed by atoms with Gasteiger partial charge in [-0.1, -0.05) is 36.3 Å². The second kappa shape index (κ2) is 6.48. The van der Waals surface area contributed by atoms with Crippen LogP contribution < -0.4 is 10.6 Å². The van der Waals surface area contributed by atoms with Crippen molar-refractivity contribution in [1.82, 2.24) is 0 Å². The SMILES string of the molecule is CCC(C)N(CC)c1ccc(/C(N)=N/O)c2ccccc12. The standard InChI is InChI=1S/C17H23N3O/c1-4-12(3)20(5-2)16-11-10-15(17(18)19-21)13-8-6-7-9-14(13)16/h6-12,21H,4-5H2,1-3H3,(H2,18,19). The van der Waals surface area contributed by atoms with Crippen LogP contribution in [0.25, 0.3) is 10.8 Å². The van der Waals surface area contributed by atoms with E-state index in [1.807, 2.05) is 24.3 Å². The molecule has 0 bridgehead atoms. The molecule has 4 nitrogen and oxygen atoms in total. The predicted octanol–water partition coefficient (Wildman–Crippen LogP) is 3.56. The van der Waals surface area contributed by atoms with Crippen LogP contribution in [-0.2, 0) is 0 Å². The number of oxime groups is 1. The van der Waals surface area contributed by atoms with E-state index in [0.29, 0.717) is 6.04 Å². The Balaban J connectivity index is 2.67. The zero-order valence-corrected chi connectivity index (χ0v) is 12.9. The summed E-state index contributed by atoms with van der Waals surface area (Å²) in [5, 5.41) is 14.2. The van der Waals surface area contributed by atoms with Crippen molar-refractivity contribution in [1.29, 1.82) is 0 Å². The van der Waals surface area contributed by atoms with Gasteiger partial charge >= 0.3 is 0 Å². The van der Waals surface area contributed by atoms with E-state index in [1.54, 1.807) is 0 Å². The van der Waals surface area contributed by atoms with E-state index in [0.717, 1.165) is 29.3 Å². The Morgan fingerprint density at radius 3 is 2.43 bits per heavy atom. The molecule has 2 rings (SSSR count). The fourth-order valence-electron chi connectivity index (χ4n) is 2.75. The molecule has 0 fully saturated rings. The van der Waals surface area contributed by atoms with E-state index in [-0.39, 0.29) is 5.84 Å². The number of hydrogen-bond acceptors (Lipinski definition) is 3. The van der Waals surface area contributed by atoms with Gasteiger partial charge in [0.25, 0.3) is 0 Å². The Morgan fingerprint density at radius 2 is 1.86 bits per heavy atom. The Kier molecular flexibility index (Phi) is 4.68. The molecule has 0 aromatic heterocycles. The van der Waals surface area contributed by atoms with Crippen LogP contribution in [0.3, 0.4) is 0 Å². The van der Waals surface area contributed by atoms with Gasteiger partial charge in [0, 0.05) is 29.2 Å². The molecule has 3 N–H and O–H groups in total. The first-order chi connectivity index (χ1) is 10.1. The third-order valence-electron chi connectivity index (χ3n) is 4.06. The lowest BCUT2D eigenvalue weighted by atomic mass is 10.0. The summed E-state index contributed by atoms with van der Waals surface area (Å²) in [5.74, 6) is 0.143. The van der Waals surface area contributed by atoms with E-state index in [2.05, 4.69) is 43.0 Å². The molecule has 0 amide bonds. The molecule has 0 aliphatic rings. The highest BCUT2D eigenvalue weighted by molar-refractivity contribution is 6.11. The minimum Gasteiger partial charge on any atom is -0.409 e. The summed E-state index contributed by atoms with van der Waals surface area (Å²) in [5.41, 5.74) is 7.74. The van der Waals surface area contributed by atoms with Crippen LogP contribution in [0.4, 0.5) is 5.69 Å². The zero-order valence-electron chi connectivity index (χ0n) is 12.9. The molecule has 0 radical (unpaired) electrons. The van der Waals surface area contributed by atoms with Gasteiger partial charge in [-0.25, -0.2) is 0 Å². The van der Waals surface area contributed by atoms with Crippen LogP contribution in [0.15, 0.2) is 41.6 Å². The number of rotatable bonds is 5. The molecular weight excluding hydrogens is 262 g/mol. The minimum absolute atomic E-state index is 0.143. The third kappa shape index (κ3) is 2.79. The Hall–Kier alpha value is -2.23. The van der Waals surface area contributed by atoms with Crippen molar-refractivity contribution in [2.24, 2.45) is 10.9 Å². The largest absolute Gasteiger partial charge is 0.409 e. The van der Waals surface area contributed by atoms with Crippen LogP contribution in [0.5, 0.6) is 0 Å². The van der Waals surface area contributed by atoms with Crippen molar-refractivity contribution in [3.05, 3.63) is 42.0 Å². The molecule has 2 aromatic rings. The average molecular weight is 285 g/mol. The average Bonchev–Trinajstić information content (AvgIpc) is 2.54. The van der Waals surface area contributed by atoms with Gasteiger partial charge in [0.15, 0.2) is 5.84 Å². The van der Waals surface area contributed by atoms with Crippen molar-refractivity contribution in [3.8, 4) is 0 Å². The van der Waals surface area contributed by atoms with Crippen molar-refractivity contribution in [2.75, 3.05) is 11.4 Å². The summed E-state index contributed by atoms with van der Waals surface area (Å²) in [6.07, 6.45) is 1.09. The van der Waals surface area contributed by atoms with E-state index in [4.69, 9.17) is 10.9 Å². The summed E-state index contributed by atoms with van der Waals surface area (Å²) in [7, 11) is 0. The van der Waals surface area contributed by atoms with Crippen LogP contribution in [-0.4, -0.2) is 23.6 Å². The Morgan fingerprint density at radius 1 is 1.19 bits per heavy atom. The topological polar surface area (TPSA) is 61.8 Å². The highest BCUT2D eigenvalue weighted by Crippen LogP contribution is 2.31. The monoisotopic (exact) mass is 285 g/mol. The highest BCUT2D eigenvalue weighted by Gasteiger charge is 2.16. The molecule has 0 saturated carbocycles. The van der Waals surface area contributed by atoms with Crippen LogP contribution in [0.2, 0.25) is 0 Å². The van der Waals surface area contributed by atoms with Gasteiger partial charge in [-0.3, -0.25) is 0 Å². The molecule has 1 unspecified atom stereocenters. The summed E-state index contributed by atoms with van der Waals surface area (Å²) in [6, 6.07) is 12.5. The normalized spacial score (nSPS) is 13.4. The fraction of sp³-hybridized carbons (Fsp3) is 0.353. The summed E-state index contributed by atoms with van der Waals surface area (Å²) >= 11 is 0. The molecule has 21 heavy (non-hydrogen) atoms. The molecule has 0 aliphatic heterocycles. The first-order valence-electron chi connectivity index (χ1n) is 7.40. The molecule has 0 heterocycles. The molecule has 112 valence electrons. The lowest BCUT2D eigenvalue weighted by molar-refractivity contribution is 0.318. The molecule has 0 aliphatic carbocycles. The Labute approximate surface area is 125 Å². The highest BCUT2D eigenvalue weighted by atomic mass is 16.4. The molecule has 1 atom stereocenters. The van der Waals surface area contributed by atoms with Crippen LogP contribution in [0, 0.1) is 0 Å². The van der Waals surface area contributed by atoms with Gasteiger partial charge in [0.2, 0.25) is 0 Å². The number of nitrogens with two attached hydrogens (primary N) is 1. The maximum atomic E-state index is 8.95. The summed E-state index contributed by atoms with van der Waals surface area (Å²) < 4.78 is 0. The number of amidine groups is 1. The maximum absolute atomic E-state index is 8.95. The number of benzene rings is 2. The van der Waals surface area contributed by atoms with Crippen molar-refractivity contribution < 1.29 is 5.21 Å². The molecule has 0 saturated heterocycles. The van der Waals surface area contributed by atoms with E-state index in [1.165, 1.54) is 5.69 Å². The van der Waals surface area contributed by atoms with E-state index in [9.17, 15) is 0 Å². The molecule has 2 aromatic carbocycles. The summed E-state index contributed by atoms with van der Waals surface area (Å²) in [4.78, 5) is 2.39. The molecule has 0 spiro atoms. The quantitative estimate of drug-likeness (QED) is 0.382. The van der Waals surface area contributed by atoms with Gasteiger partial charge in [-0.05, 0) is 37.8 Å². The van der Waals surface area contributed by atoms with Crippen LogP contribution in [0.1, 0.15) is 32.8 Å². The first kappa shape index (κ1) is 15.2. The number of fused-ring (bicyclic) bond motifs is 1. The van der Waals surface area contributed by atoms with Gasteiger partial charge in [-0.15, -0.1) is 0 Å². The second-order valence-corrected chi connectivity index (χ2v) is 5.21. The number of anilines is 1. The maximum Gasteiger partial charge on any atom is 0.170 e. The first-order valence-corrected chi connectivity index (χ1v) is 7.40. The second-order valence-electron chi connectivity index (χ2n) is 5.21. The van der Waals surface area contributed by atoms with Gasteiger partial charge < -0.3 is 15.8 Å². The summed E-state index contributed by atoms with van der Waals surface area (Å²) in [6.45, 7) is 7.54. The molecular formula is C17H23N3O. The predicted molar refractivity (Wildman–Crippen MR) is 89.2 cm³/mol. The smallest absolute Gasteiger partial charge is 0.170 e. The fourth-order valence-corrected chi connectivity index (χ4v) is 2.75. The van der Waals surface area contributed by atoms with E-state index < -0.39 is 0 Å². The van der Waals surface area contributed by atoms with Gasteiger partial charge in [0.1, 0.15) is 0 Å². The lowest BCUT2D eigenvalue weighted by Crippen LogP contribution is -2.32. The van der Waals surface area contributed by atoms with E-state index >= 15 is 0 Å². The lowest BCUT2D eigenvalue weighted by Gasteiger charge is -2.31. The van der Waals surface area contributed by atoms with Crippen molar-refractivity contribution in [2.45, 2.75) is 33.2 Å². The van der Waals surface area contributed by atoms with Gasteiger partial charge in [0.05, 0.1) is 0 Å². The molecule has 4 heteroatoms. The van der Waals surface area contributed by atoms with Gasteiger partial charge in [-0.2, -0.15) is 0 Å². The van der Waals surface area contributed by atoms with Crippen molar-refractivity contribution >= 4 is 22.3 Å². The third-order valence-corrected chi connectivity index (χ3v) is 4.06. The number of nitrogens with zero attached hydrogens (tertiary/aromatic N) is 2. The zero-order chi connectivity index (χ0) is 15.4. The number of hydrogen-bond donors (Lipinski definition) is 2. The van der Waals surface area contributed by atoms with Crippen LogP contribution >= 0.6 is 0 Å².